The van der Waals surface area contributed by atoms with Crippen LogP contribution in [-0.4, -0.2) is 22.3 Å². The van der Waals surface area contributed by atoms with Crippen LogP contribution in [0.5, 0.6) is 0 Å². The molecule has 1 aromatic heterocycles. The van der Waals surface area contributed by atoms with Crippen LogP contribution >= 0.6 is 0 Å². The second-order valence-corrected chi connectivity index (χ2v) is 5.97. The van der Waals surface area contributed by atoms with Crippen molar-refractivity contribution in [1.29, 1.82) is 0 Å². The van der Waals surface area contributed by atoms with Gasteiger partial charge < -0.3 is 9.88 Å². The number of aromatic nitrogens is 1. The SMILES string of the molecule is O=C(c1ccc(F)c(F)c1F)N1CCc2c([nH]c3ccc(F)cc23)C1. The van der Waals surface area contributed by atoms with Crippen LogP contribution in [0, 0.1) is 23.3 Å². The Kier molecular flexibility index (Phi) is 3.52. The highest BCUT2D eigenvalue weighted by Crippen LogP contribution is 2.29. The molecule has 1 aliphatic heterocycles. The minimum absolute atomic E-state index is 0.156. The predicted molar refractivity (Wildman–Crippen MR) is 83.0 cm³/mol. The Morgan fingerprint density at radius 2 is 1.84 bits per heavy atom. The Balaban J connectivity index is 1.67. The summed E-state index contributed by atoms with van der Waals surface area (Å²) in [7, 11) is 0. The first kappa shape index (κ1) is 15.7. The number of carbonyl (C=O) groups excluding carboxylic acids is 1. The van der Waals surface area contributed by atoms with Gasteiger partial charge in [-0.3, -0.25) is 4.79 Å². The fourth-order valence-corrected chi connectivity index (χ4v) is 3.25. The van der Waals surface area contributed by atoms with Gasteiger partial charge in [-0.15, -0.1) is 0 Å². The largest absolute Gasteiger partial charge is 0.357 e. The van der Waals surface area contributed by atoms with Crippen molar-refractivity contribution >= 4 is 16.8 Å². The molecule has 0 atom stereocenters. The van der Waals surface area contributed by atoms with E-state index in [4.69, 9.17) is 0 Å². The van der Waals surface area contributed by atoms with Gasteiger partial charge in [-0.25, -0.2) is 17.6 Å². The highest BCUT2D eigenvalue weighted by molar-refractivity contribution is 5.95. The van der Waals surface area contributed by atoms with E-state index in [1.54, 1.807) is 6.07 Å². The Labute approximate surface area is 139 Å². The third-order valence-corrected chi connectivity index (χ3v) is 4.49. The van der Waals surface area contributed by atoms with Gasteiger partial charge in [-0.1, -0.05) is 0 Å². The Bertz CT molecular complexity index is 1010. The summed E-state index contributed by atoms with van der Waals surface area (Å²) in [6.07, 6.45) is 0.454. The Morgan fingerprint density at radius 3 is 2.64 bits per heavy atom. The summed E-state index contributed by atoms with van der Waals surface area (Å²) >= 11 is 0. The van der Waals surface area contributed by atoms with Gasteiger partial charge >= 0.3 is 0 Å². The lowest BCUT2D eigenvalue weighted by Gasteiger charge is -2.27. The first-order valence-electron chi connectivity index (χ1n) is 7.67. The molecule has 128 valence electrons. The van der Waals surface area contributed by atoms with Gasteiger partial charge in [0.1, 0.15) is 5.82 Å². The van der Waals surface area contributed by atoms with Gasteiger partial charge in [0.2, 0.25) is 0 Å². The van der Waals surface area contributed by atoms with Gasteiger partial charge in [0.25, 0.3) is 5.91 Å². The molecule has 3 aromatic rings. The molecule has 1 aliphatic rings. The molecule has 0 aliphatic carbocycles. The van der Waals surface area contributed by atoms with Crippen LogP contribution < -0.4 is 0 Å². The second kappa shape index (κ2) is 5.61. The molecule has 3 nitrogen and oxygen atoms in total. The number of aromatic amines is 1. The lowest BCUT2D eigenvalue weighted by molar-refractivity contribution is 0.0727. The Hall–Kier alpha value is -2.83. The van der Waals surface area contributed by atoms with Crippen LogP contribution in [0.4, 0.5) is 17.6 Å². The van der Waals surface area contributed by atoms with Crippen molar-refractivity contribution < 1.29 is 22.4 Å². The molecule has 0 saturated heterocycles. The first-order valence-corrected chi connectivity index (χ1v) is 7.67. The number of amides is 1. The van der Waals surface area contributed by atoms with Gasteiger partial charge in [0, 0.05) is 23.1 Å². The van der Waals surface area contributed by atoms with Crippen molar-refractivity contribution in [3.8, 4) is 0 Å². The normalized spacial score (nSPS) is 14.0. The number of benzene rings is 2. The van der Waals surface area contributed by atoms with E-state index in [-0.39, 0.29) is 18.9 Å². The number of nitrogens with zero attached hydrogens (tertiary/aromatic N) is 1. The molecule has 25 heavy (non-hydrogen) atoms. The van der Waals surface area contributed by atoms with E-state index in [9.17, 15) is 22.4 Å². The summed E-state index contributed by atoms with van der Waals surface area (Å²) in [6, 6.07) is 6.05. The molecule has 2 aromatic carbocycles. The molecule has 7 heteroatoms. The number of halogens is 4. The molecule has 0 fully saturated rings. The zero-order chi connectivity index (χ0) is 17.7. The molecule has 2 heterocycles. The lowest BCUT2D eigenvalue weighted by atomic mass is 10.0. The average Bonchev–Trinajstić information content (AvgIpc) is 2.96. The quantitative estimate of drug-likeness (QED) is 0.525. The molecule has 0 unspecified atom stereocenters. The van der Waals surface area contributed by atoms with E-state index < -0.39 is 28.9 Å². The van der Waals surface area contributed by atoms with Crippen LogP contribution in [0.2, 0.25) is 0 Å². The third-order valence-electron chi connectivity index (χ3n) is 4.49. The van der Waals surface area contributed by atoms with Crippen LogP contribution in [-0.2, 0) is 13.0 Å². The summed E-state index contributed by atoms with van der Waals surface area (Å²) < 4.78 is 53.7. The maximum Gasteiger partial charge on any atom is 0.257 e. The molecule has 0 saturated carbocycles. The number of fused-ring (bicyclic) bond motifs is 3. The molecular formula is C18H12F4N2O. The molecule has 0 bridgehead atoms. The van der Waals surface area contributed by atoms with Gasteiger partial charge in [-0.05, 0) is 42.3 Å². The molecule has 1 amide bonds. The van der Waals surface area contributed by atoms with E-state index in [2.05, 4.69) is 4.98 Å². The van der Waals surface area contributed by atoms with E-state index in [1.807, 2.05) is 0 Å². The van der Waals surface area contributed by atoms with Crippen molar-refractivity contribution in [2.75, 3.05) is 6.54 Å². The molecule has 1 N–H and O–H groups in total. The van der Waals surface area contributed by atoms with E-state index >= 15 is 0 Å². The monoisotopic (exact) mass is 348 g/mol. The molecule has 0 spiro atoms. The number of rotatable bonds is 1. The van der Waals surface area contributed by atoms with Crippen molar-refractivity contribution in [1.82, 2.24) is 9.88 Å². The average molecular weight is 348 g/mol. The maximum absolute atomic E-state index is 13.9. The summed E-state index contributed by atoms with van der Waals surface area (Å²) in [4.78, 5) is 17.0. The zero-order valence-corrected chi connectivity index (χ0v) is 12.9. The van der Waals surface area contributed by atoms with Crippen molar-refractivity contribution in [3.05, 3.63) is 70.4 Å². The van der Waals surface area contributed by atoms with Crippen LogP contribution in [0.3, 0.4) is 0 Å². The van der Waals surface area contributed by atoms with Gasteiger partial charge in [0.05, 0.1) is 12.1 Å². The summed E-state index contributed by atoms with van der Waals surface area (Å²) in [5, 5.41) is 0.751. The minimum atomic E-state index is -1.66. The van der Waals surface area contributed by atoms with E-state index in [0.29, 0.717) is 6.42 Å². The first-order chi connectivity index (χ1) is 12.0. The highest BCUT2D eigenvalue weighted by Gasteiger charge is 2.28. The summed E-state index contributed by atoms with van der Waals surface area (Å²) in [5.41, 5.74) is 1.87. The smallest absolute Gasteiger partial charge is 0.257 e. The molecule has 0 radical (unpaired) electrons. The third kappa shape index (κ3) is 2.47. The summed E-state index contributed by atoms with van der Waals surface area (Å²) in [5.74, 6) is -5.56. The predicted octanol–water partition coefficient (Wildman–Crippen LogP) is 3.92. The van der Waals surface area contributed by atoms with E-state index in [1.165, 1.54) is 17.0 Å². The number of carbonyl (C=O) groups is 1. The van der Waals surface area contributed by atoms with E-state index in [0.717, 1.165) is 34.3 Å². The molecule has 4 rings (SSSR count). The van der Waals surface area contributed by atoms with Gasteiger partial charge in [0.15, 0.2) is 17.5 Å². The van der Waals surface area contributed by atoms with Crippen LogP contribution in [0.15, 0.2) is 30.3 Å². The zero-order valence-electron chi connectivity index (χ0n) is 12.9. The van der Waals surface area contributed by atoms with Crippen molar-refractivity contribution in [2.45, 2.75) is 13.0 Å². The van der Waals surface area contributed by atoms with Gasteiger partial charge in [-0.2, -0.15) is 0 Å². The highest BCUT2D eigenvalue weighted by atomic mass is 19.2. The summed E-state index contributed by atoms with van der Waals surface area (Å²) in [6.45, 7) is 0.427. The maximum atomic E-state index is 13.9. The number of nitrogens with one attached hydrogen (secondary N) is 1. The lowest BCUT2D eigenvalue weighted by Crippen LogP contribution is -2.36. The number of H-pyrrole nitrogens is 1. The topological polar surface area (TPSA) is 36.1 Å². The van der Waals surface area contributed by atoms with Crippen molar-refractivity contribution in [2.24, 2.45) is 0 Å². The molecular weight excluding hydrogens is 336 g/mol. The van der Waals surface area contributed by atoms with Crippen LogP contribution in [0.1, 0.15) is 21.6 Å². The number of hydrogen-bond acceptors (Lipinski definition) is 1. The second-order valence-electron chi connectivity index (χ2n) is 5.97. The van der Waals surface area contributed by atoms with Crippen LogP contribution in [0.25, 0.3) is 10.9 Å². The fraction of sp³-hybridized carbons (Fsp3) is 0.167. The standard InChI is InChI=1S/C18H12F4N2O/c19-9-1-4-14-12(7-9)10-5-6-24(8-15(10)23-14)18(25)11-2-3-13(20)17(22)16(11)21/h1-4,7,23H,5-6,8H2. The minimum Gasteiger partial charge on any atom is -0.357 e. The Morgan fingerprint density at radius 1 is 1.04 bits per heavy atom. The van der Waals surface area contributed by atoms with Crippen molar-refractivity contribution in [3.63, 3.8) is 0 Å². The number of hydrogen-bond donors (Lipinski definition) is 1. The fourth-order valence-electron chi connectivity index (χ4n) is 3.25.